The Hall–Kier alpha value is -1.14. The first-order chi connectivity index (χ1) is 7.68. The van der Waals surface area contributed by atoms with Crippen LogP contribution < -0.4 is 5.73 Å². The smallest absolute Gasteiger partial charge is 0.329 e. The lowest BCUT2D eigenvalue weighted by atomic mass is 10.0. The molecule has 0 fully saturated rings. The minimum absolute atomic E-state index is 0.247. The molecule has 0 radical (unpaired) electrons. The summed E-state index contributed by atoms with van der Waals surface area (Å²) in [6.07, 6.45) is -0.664. The quantitative estimate of drug-likeness (QED) is 0.594. The van der Waals surface area contributed by atoms with E-state index in [2.05, 4.69) is 0 Å². The van der Waals surface area contributed by atoms with Crippen molar-refractivity contribution < 1.29 is 19.8 Å². The van der Waals surface area contributed by atoms with E-state index in [1.807, 2.05) is 13.8 Å². The second-order valence-electron chi connectivity index (χ2n) is 4.71. The highest BCUT2D eigenvalue weighted by atomic mass is 16.4. The van der Waals surface area contributed by atoms with Gasteiger partial charge in [0, 0.05) is 7.05 Å². The zero-order valence-corrected chi connectivity index (χ0v) is 10.8. The van der Waals surface area contributed by atoms with E-state index in [4.69, 9.17) is 10.8 Å². The molecule has 0 unspecified atom stereocenters. The first-order valence-corrected chi connectivity index (χ1v) is 5.61. The van der Waals surface area contributed by atoms with Crippen molar-refractivity contribution in [2.75, 3.05) is 7.05 Å². The number of aliphatic hydroxyl groups is 1. The summed E-state index contributed by atoms with van der Waals surface area (Å²) in [5.74, 6) is -1.46. The van der Waals surface area contributed by atoms with Crippen LogP contribution in [-0.4, -0.2) is 52.2 Å². The monoisotopic (exact) mass is 246 g/mol. The maximum absolute atomic E-state index is 11.9. The van der Waals surface area contributed by atoms with Crippen LogP contribution in [0.25, 0.3) is 0 Å². The number of hydrogen-bond acceptors (Lipinski definition) is 4. The summed E-state index contributed by atoms with van der Waals surface area (Å²) in [4.78, 5) is 23.8. The molecule has 0 aromatic rings. The largest absolute Gasteiger partial charge is 0.480 e. The lowest BCUT2D eigenvalue weighted by Crippen LogP contribution is -2.53. The fraction of sp³-hybridized carbons (Fsp3) is 0.818. The van der Waals surface area contributed by atoms with Gasteiger partial charge in [-0.15, -0.1) is 0 Å². The molecule has 0 aromatic carbocycles. The van der Waals surface area contributed by atoms with E-state index in [0.29, 0.717) is 6.42 Å². The normalized spacial score (nSPS) is 16.4. The molecule has 0 rings (SSSR count). The van der Waals surface area contributed by atoms with Crippen LogP contribution in [0.5, 0.6) is 0 Å². The molecule has 100 valence electrons. The fourth-order valence-corrected chi connectivity index (χ4v) is 1.70. The van der Waals surface area contributed by atoms with Crippen molar-refractivity contribution >= 4 is 11.9 Å². The van der Waals surface area contributed by atoms with Crippen LogP contribution >= 0.6 is 0 Å². The Kier molecular flexibility index (Phi) is 6.12. The van der Waals surface area contributed by atoms with E-state index < -0.39 is 30.1 Å². The summed E-state index contributed by atoms with van der Waals surface area (Å²) >= 11 is 0. The Morgan fingerprint density at radius 2 is 1.76 bits per heavy atom. The average Bonchev–Trinajstić information content (AvgIpc) is 2.13. The Morgan fingerprint density at radius 1 is 1.29 bits per heavy atom. The van der Waals surface area contributed by atoms with Crippen molar-refractivity contribution in [1.29, 1.82) is 0 Å². The van der Waals surface area contributed by atoms with Gasteiger partial charge in [-0.25, -0.2) is 4.79 Å². The number of rotatable bonds is 6. The van der Waals surface area contributed by atoms with Crippen LogP contribution in [0.1, 0.15) is 27.2 Å². The fourth-order valence-electron chi connectivity index (χ4n) is 1.70. The van der Waals surface area contributed by atoms with Crippen molar-refractivity contribution in [3.8, 4) is 0 Å². The second-order valence-corrected chi connectivity index (χ2v) is 4.71. The maximum atomic E-state index is 11.9. The second kappa shape index (κ2) is 6.56. The van der Waals surface area contributed by atoms with Gasteiger partial charge in [-0.1, -0.05) is 13.8 Å². The van der Waals surface area contributed by atoms with E-state index in [0.717, 1.165) is 4.90 Å². The highest BCUT2D eigenvalue weighted by molar-refractivity contribution is 5.87. The van der Waals surface area contributed by atoms with Gasteiger partial charge < -0.3 is 20.8 Å². The highest BCUT2D eigenvalue weighted by Crippen LogP contribution is 2.09. The Labute approximate surface area is 101 Å². The number of carboxylic acids is 1. The third kappa shape index (κ3) is 4.70. The number of nitrogens with two attached hydrogens (primary N) is 1. The van der Waals surface area contributed by atoms with Crippen LogP contribution in [0.2, 0.25) is 0 Å². The summed E-state index contributed by atoms with van der Waals surface area (Å²) in [6, 6.07) is -2.00. The summed E-state index contributed by atoms with van der Waals surface area (Å²) in [5, 5.41) is 18.3. The van der Waals surface area contributed by atoms with Crippen LogP contribution in [0.15, 0.2) is 0 Å². The summed E-state index contributed by atoms with van der Waals surface area (Å²) in [7, 11) is 1.34. The number of nitrogens with zero attached hydrogens (tertiary/aromatic N) is 1. The highest BCUT2D eigenvalue weighted by Gasteiger charge is 2.33. The van der Waals surface area contributed by atoms with Gasteiger partial charge in [-0.3, -0.25) is 4.79 Å². The molecule has 0 saturated carbocycles. The predicted octanol–water partition coefficient (Wildman–Crippen LogP) is -0.348. The van der Waals surface area contributed by atoms with E-state index in [9.17, 15) is 14.7 Å². The number of carbonyl (C=O) groups excluding carboxylic acids is 1. The van der Waals surface area contributed by atoms with Crippen molar-refractivity contribution in [2.45, 2.75) is 45.4 Å². The van der Waals surface area contributed by atoms with Gasteiger partial charge in [0.1, 0.15) is 0 Å². The van der Waals surface area contributed by atoms with E-state index in [1.54, 1.807) is 0 Å². The number of aliphatic carboxylic acids is 1. The van der Waals surface area contributed by atoms with Gasteiger partial charge in [0.05, 0.1) is 12.1 Å². The molecule has 0 aliphatic rings. The molecule has 0 spiro atoms. The molecule has 0 aliphatic heterocycles. The molecule has 3 atom stereocenters. The van der Waals surface area contributed by atoms with Crippen LogP contribution in [0.4, 0.5) is 0 Å². The molecule has 6 heteroatoms. The predicted molar refractivity (Wildman–Crippen MR) is 63.3 cm³/mol. The van der Waals surface area contributed by atoms with Crippen LogP contribution in [-0.2, 0) is 9.59 Å². The molecular weight excluding hydrogens is 224 g/mol. The number of hydrogen-bond donors (Lipinski definition) is 3. The summed E-state index contributed by atoms with van der Waals surface area (Å²) < 4.78 is 0. The van der Waals surface area contributed by atoms with Crippen molar-refractivity contribution in [3.63, 3.8) is 0 Å². The lowest BCUT2D eigenvalue weighted by molar-refractivity contribution is -0.154. The zero-order chi connectivity index (χ0) is 13.7. The number of carbonyl (C=O) groups is 2. The Balaban J connectivity index is 4.71. The molecule has 0 aromatic heterocycles. The van der Waals surface area contributed by atoms with E-state index >= 15 is 0 Å². The van der Waals surface area contributed by atoms with Gasteiger partial charge >= 0.3 is 5.97 Å². The molecule has 0 bridgehead atoms. The lowest BCUT2D eigenvalue weighted by Gasteiger charge is -2.29. The van der Waals surface area contributed by atoms with Gasteiger partial charge in [0.25, 0.3) is 0 Å². The zero-order valence-electron chi connectivity index (χ0n) is 10.8. The molecule has 0 saturated heterocycles. The Bertz CT molecular complexity index is 279. The van der Waals surface area contributed by atoms with Gasteiger partial charge in [0.15, 0.2) is 6.04 Å². The minimum atomic E-state index is -1.26. The van der Waals surface area contributed by atoms with Gasteiger partial charge in [0.2, 0.25) is 5.91 Å². The van der Waals surface area contributed by atoms with Crippen molar-refractivity contribution in [3.05, 3.63) is 0 Å². The first kappa shape index (κ1) is 15.9. The van der Waals surface area contributed by atoms with Crippen molar-refractivity contribution in [1.82, 2.24) is 4.90 Å². The average molecular weight is 246 g/mol. The number of likely N-dealkylation sites (N-methyl/N-ethyl adjacent to an activating group) is 1. The van der Waals surface area contributed by atoms with Gasteiger partial charge in [-0.05, 0) is 19.3 Å². The molecule has 0 heterocycles. The molecule has 0 aliphatic carbocycles. The molecule has 6 nitrogen and oxygen atoms in total. The Morgan fingerprint density at radius 3 is 2.06 bits per heavy atom. The van der Waals surface area contributed by atoms with Gasteiger partial charge in [-0.2, -0.15) is 0 Å². The van der Waals surface area contributed by atoms with E-state index in [-0.39, 0.29) is 5.92 Å². The minimum Gasteiger partial charge on any atom is -0.480 e. The number of amides is 1. The molecule has 17 heavy (non-hydrogen) atoms. The van der Waals surface area contributed by atoms with Crippen molar-refractivity contribution in [2.24, 2.45) is 11.7 Å². The summed E-state index contributed by atoms with van der Waals surface area (Å²) in [5.41, 5.74) is 5.69. The SMILES string of the molecule is CC(C)C[C@H](N)C(=O)N(C)[C@H](C(=O)O)[C@@H](C)O. The first-order valence-electron chi connectivity index (χ1n) is 5.61. The number of aliphatic hydroxyl groups excluding tert-OH is 1. The third-order valence-electron chi connectivity index (χ3n) is 2.52. The maximum Gasteiger partial charge on any atom is 0.329 e. The third-order valence-corrected chi connectivity index (χ3v) is 2.52. The molecule has 1 amide bonds. The number of carboxylic acid groups (broad SMARTS) is 1. The summed E-state index contributed by atoms with van der Waals surface area (Å²) in [6.45, 7) is 5.18. The van der Waals surface area contributed by atoms with Crippen LogP contribution in [0.3, 0.4) is 0 Å². The van der Waals surface area contributed by atoms with E-state index in [1.165, 1.54) is 14.0 Å². The molecular formula is C11H22N2O4. The topological polar surface area (TPSA) is 104 Å². The standard InChI is InChI=1S/C11H22N2O4/c1-6(2)5-8(12)10(15)13(4)9(7(3)14)11(16)17/h6-9,14H,5,12H2,1-4H3,(H,16,17)/t7-,8+,9+/m1/s1. The molecule has 4 N–H and O–H groups in total. The van der Waals surface area contributed by atoms with Crippen LogP contribution in [0, 0.1) is 5.92 Å².